The van der Waals surface area contributed by atoms with E-state index in [0.717, 1.165) is 24.4 Å². The van der Waals surface area contributed by atoms with Crippen LogP contribution in [0.4, 0.5) is 10.6 Å². The first-order chi connectivity index (χ1) is 10.8. The van der Waals surface area contributed by atoms with E-state index in [4.69, 9.17) is 9.72 Å². The molecule has 126 valence electrons. The summed E-state index contributed by atoms with van der Waals surface area (Å²) in [7, 11) is 0. The van der Waals surface area contributed by atoms with E-state index in [1.165, 1.54) is 5.56 Å². The molecular weight excluding hydrogens is 290 g/mol. The zero-order chi connectivity index (χ0) is 16.8. The van der Waals surface area contributed by atoms with Crippen LogP contribution in [0.1, 0.15) is 45.9 Å². The molecule has 0 radical (unpaired) electrons. The second-order valence-corrected chi connectivity index (χ2v) is 7.64. The summed E-state index contributed by atoms with van der Waals surface area (Å²) in [6.45, 7) is 11.4. The zero-order valence-electron chi connectivity index (χ0n) is 14.8. The Morgan fingerprint density at radius 1 is 1.35 bits per heavy atom. The fourth-order valence-corrected chi connectivity index (χ4v) is 3.55. The number of aromatic nitrogens is 1. The van der Waals surface area contributed by atoms with Crippen molar-refractivity contribution >= 4 is 11.9 Å². The molecule has 0 bridgehead atoms. The van der Waals surface area contributed by atoms with E-state index in [9.17, 15) is 4.79 Å². The van der Waals surface area contributed by atoms with E-state index in [0.29, 0.717) is 19.1 Å². The highest BCUT2D eigenvalue weighted by atomic mass is 16.6. The van der Waals surface area contributed by atoms with Crippen LogP contribution in [0.15, 0.2) is 12.1 Å². The molecule has 5 nitrogen and oxygen atoms in total. The first-order valence-corrected chi connectivity index (χ1v) is 8.53. The van der Waals surface area contributed by atoms with Crippen molar-refractivity contribution in [3.63, 3.8) is 0 Å². The molecule has 0 aliphatic carbocycles. The first-order valence-electron chi connectivity index (χ1n) is 8.53. The van der Waals surface area contributed by atoms with Gasteiger partial charge in [-0.2, -0.15) is 0 Å². The van der Waals surface area contributed by atoms with Crippen LogP contribution in [-0.2, 0) is 17.6 Å². The molecule has 0 saturated carbocycles. The molecule has 2 aliphatic heterocycles. The third-order valence-corrected chi connectivity index (χ3v) is 4.51. The van der Waals surface area contributed by atoms with Crippen molar-refractivity contribution in [1.82, 2.24) is 9.88 Å². The number of fused-ring (bicyclic) bond motifs is 3. The third kappa shape index (κ3) is 3.14. The molecule has 2 atom stereocenters. The van der Waals surface area contributed by atoms with Gasteiger partial charge in [0.05, 0.1) is 6.04 Å². The van der Waals surface area contributed by atoms with E-state index in [1.54, 1.807) is 0 Å². The lowest BCUT2D eigenvalue weighted by Crippen LogP contribution is -2.58. The van der Waals surface area contributed by atoms with Gasteiger partial charge in [-0.15, -0.1) is 0 Å². The number of hydrogen-bond donors (Lipinski definition) is 0. The molecule has 1 amide bonds. The maximum atomic E-state index is 12.4. The summed E-state index contributed by atoms with van der Waals surface area (Å²) in [5, 5.41) is 0. The molecule has 1 aromatic rings. The van der Waals surface area contributed by atoms with Crippen LogP contribution in [0.5, 0.6) is 0 Å². The maximum absolute atomic E-state index is 12.4. The number of aryl methyl sites for hydroxylation is 1. The molecule has 3 rings (SSSR count). The van der Waals surface area contributed by atoms with Crippen molar-refractivity contribution in [2.24, 2.45) is 0 Å². The molecule has 0 N–H and O–H groups in total. The standard InChI is InChI=1S/C18H27N3O2/c1-6-14-8-7-13-9-15-11-20(17(22)23-18(3,4)5)10-12(2)21(15)16(13)19-14/h7-8,12,15H,6,9-11H2,1-5H3/t12-,15?/m1/s1. The fraction of sp³-hybridized carbons (Fsp3) is 0.667. The quantitative estimate of drug-likeness (QED) is 0.799. The van der Waals surface area contributed by atoms with E-state index in [-0.39, 0.29) is 12.1 Å². The lowest BCUT2D eigenvalue weighted by atomic mass is 10.1. The Labute approximate surface area is 138 Å². The normalized spacial score (nSPS) is 23.5. The Kier molecular flexibility index (Phi) is 3.98. The van der Waals surface area contributed by atoms with Crippen molar-refractivity contribution in [2.45, 2.75) is 65.1 Å². The van der Waals surface area contributed by atoms with Crippen LogP contribution in [-0.4, -0.2) is 46.8 Å². The van der Waals surface area contributed by atoms with Gasteiger partial charge in [-0.1, -0.05) is 13.0 Å². The van der Waals surface area contributed by atoms with Crippen LogP contribution >= 0.6 is 0 Å². The highest BCUT2D eigenvalue weighted by Crippen LogP contribution is 2.35. The summed E-state index contributed by atoms with van der Waals surface area (Å²) in [6.07, 6.45) is 1.70. The lowest BCUT2D eigenvalue weighted by molar-refractivity contribution is 0.0191. The van der Waals surface area contributed by atoms with Crippen molar-refractivity contribution in [2.75, 3.05) is 18.0 Å². The van der Waals surface area contributed by atoms with Gasteiger partial charge in [0.1, 0.15) is 11.4 Å². The largest absolute Gasteiger partial charge is 0.444 e. The molecule has 1 unspecified atom stereocenters. The topological polar surface area (TPSA) is 45.7 Å². The van der Waals surface area contributed by atoms with Gasteiger partial charge in [0, 0.05) is 24.8 Å². The summed E-state index contributed by atoms with van der Waals surface area (Å²) in [5.74, 6) is 1.12. The molecule has 0 spiro atoms. The van der Waals surface area contributed by atoms with E-state index in [2.05, 4.69) is 30.9 Å². The van der Waals surface area contributed by atoms with Crippen LogP contribution in [0.2, 0.25) is 0 Å². The van der Waals surface area contributed by atoms with Gasteiger partial charge >= 0.3 is 6.09 Å². The molecular formula is C18H27N3O2. The molecule has 23 heavy (non-hydrogen) atoms. The predicted octanol–water partition coefficient (Wildman–Crippen LogP) is 3.01. The van der Waals surface area contributed by atoms with Crippen LogP contribution in [0, 0.1) is 0 Å². The summed E-state index contributed by atoms with van der Waals surface area (Å²) >= 11 is 0. The fourth-order valence-electron chi connectivity index (χ4n) is 3.55. The Morgan fingerprint density at radius 3 is 2.74 bits per heavy atom. The Morgan fingerprint density at radius 2 is 2.09 bits per heavy atom. The molecule has 5 heteroatoms. The predicted molar refractivity (Wildman–Crippen MR) is 90.9 cm³/mol. The van der Waals surface area contributed by atoms with Gasteiger partial charge in [0.2, 0.25) is 0 Å². The minimum atomic E-state index is -0.451. The van der Waals surface area contributed by atoms with Crippen LogP contribution in [0.25, 0.3) is 0 Å². The van der Waals surface area contributed by atoms with Crippen molar-refractivity contribution in [1.29, 1.82) is 0 Å². The SMILES string of the molecule is CCc1ccc2c(n1)N1C(C2)CN(C(=O)OC(C)(C)C)C[C@H]1C. The summed E-state index contributed by atoms with van der Waals surface area (Å²) in [4.78, 5) is 21.5. The number of hydrogen-bond acceptors (Lipinski definition) is 4. The number of nitrogens with zero attached hydrogens (tertiary/aromatic N) is 3. The van der Waals surface area contributed by atoms with Gasteiger partial charge in [0.15, 0.2) is 0 Å². The lowest BCUT2D eigenvalue weighted by Gasteiger charge is -2.43. The number of carbonyl (C=O) groups excluding carboxylic acids is 1. The summed E-state index contributed by atoms with van der Waals surface area (Å²) in [6, 6.07) is 4.88. The highest BCUT2D eigenvalue weighted by Gasteiger charge is 2.41. The molecule has 1 saturated heterocycles. The van der Waals surface area contributed by atoms with E-state index < -0.39 is 5.60 Å². The number of piperazine rings is 1. The minimum Gasteiger partial charge on any atom is -0.444 e. The minimum absolute atomic E-state index is 0.206. The van der Waals surface area contributed by atoms with Crippen molar-refractivity contribution < 1.29 is 9.53 Å². The smallest absolute Gasteiger partial charge is 0.410 e. The average Bonchev–Trinajstić information content (AvgIpc) is 2.83. The number of carbonyl (C=O) groups is 1. The Bertz CT molecular complexity index is 609. The Balaban J connectivity index is 1.78. The first kappa shape index (κ1) is 16.1. The van der Waals surface area contributed by atoms with Gasteiger partial charge < -0.3 is 14.5 Å². The zero-order valence-corrected chi connectivity index (χ0v) is 14.8. The third-order valence-electron chi connectivity index (χ3n) is 4.51. The molecule has 3 heterocycles. The molecule has 1 fully saturated rings. The summed E-state index contributed by atoms with van der Waals surface area (Å²) in [5.41, 5.74) is 1.98. The van der Waals surface area contributed by atoms with Gasteiger partial charge in [-0.25, -0.2) is 9.78 Å². The van der Waals surface area contributed by atoms with Crippen LogP contribution < -0.4 is 4.90 Å². The molecule has 1 aromatic heterocycles. The Hall–Kier alpha value is -1.78. The van der Waals surface area contributed by atoms with Gasteiger partial charge in [0.25, 0.3) is 0 Å². The second-order valence-electron chi connectivity index (χ2n) is 7.64. The van der Waals surface area contributed by atoms with Crippen LogP contribution in [0.3, 0.4) is 0 Å². The maximum Gasteiger partial charge on any atom is 0.410 e. The van der Waals surface area contributed by atoms with Gasteiger partial charge in [-0.3, -0.25) is 0 Å². The van der Waals surface area contributed by atoms with E-state index >= 15 is 0 Å². The monoisotopic (exact) mass is 317 g/mol. The number of anilines is 1. The van der Waals surface area contributed by atoms with E-state index in [1.807, 2.05) is 25.7 Å². The number of rotatable bonds is 1. The van der Waals surface area contributed by atoms with Crippen molar-refractivity contribution in [3.05, 3.63) is 23.4 Å². The summed E-state index contributed by atoms with van der Waals surface area (Å²) < 4.78 is 5.54. The molecule has 2 aliphatic rings. The average molecular weight is 317 g/mol. The number of amides is 1. The van der Waals surface area contributed by atoms with Crippen molar-refractivity contribution in [3.8, 4) is 0 Å². The number of ether oxygens (including phenoxy) is 1. The van der Waals surface area contributed by atoms with Gasteiger partial charge in [-0.05, 0) is 52.2 Å². The molecule has 0 aromatic carbocycles. The second kappa shape index (κ2) is 5.69. The highest BCUT2D eigenvalue weighted by molar-refractivity contribution is 5.69. The number of pyridine rings is 1.